The average molecular weight is 397 g/mol. The van der Waals surface area contributed by atoms with E-state index in [4.69, 9.17) is 0 Å². The maximum atomic E-state index is 11.5. The minimum atomic E-state index is -1.01. The Morgan fingerprint density at radius 2 is 2.22 bits per heavy atom. The van der Waals surface area contributed by atoms with Crippen LogP contribution in [0.25, 0.3) is 6.08 Å². The van der Waals surface area contributed by atoms with Crippen molar-refractivity contribution in [3.63, 3.8) is 0 Å². The lowest BCUT2D eigenvalue weighted by molar-refractivity contribution is -0.131. The average Bonchev–Trinajstić information content (AvgIpc) is 2.94. The molecule has 0 aliphatic heterocycles. The number of carbonyl (C=O) groups is 1. The van der Waals surface area contributed by atoms with Crippen LogP contribution in [0.4, 0.5) is 5.69 Å². The van der Waals surface area contributed by atoms with Crippen molar-refractivity contribution < 1.29 is 9.90 Å². The number of H-pyrrole nitrogens is 1. The quantitative estimate of drug-likeness (QED) is 0.574. The van der Waals surface area contributed by atoms with Crippen molar-refractivity contribution in [1.82, 2.24) is 15.2 Å². The Kier molecular flexibility index (Phi) is 5.84. The number of hydrogen-bond acceptors (Lipinski definition) is 5. The fourth-order valence-corrected chi connectivity index (χ4v) is 3.32. The Balaban J connectivity index is 2.28. The normalized spacial score (nSPS) is 11.6. The molecule has 0 fully saturated rings. The van der Waals surface area contributed by atoms with Gasteiger partial charge in [-0.3, -0.25) is 5.10 Å². The Hall–Kier alpha value is -1.80. The number of aryl methyl sites for hydroxylation is 1. The van der Waals surface area contributed by atoms with E-state index in [0.717, 1.165) is 39.7 Å². The van der Waals surface area contributed by atoms with Gasteiger partial charge in [0.2, 0.25) is 5.16 Å². The monoisotopic (exact) mass is 396 g/mol. The summed E-state index contributed by atoms with van der Waals surface area (Å²) in [5, 5.41) is 16.6. The van der Waals surface area contributed by atoms with E-state index in [2.05, 4.69) is 31.1 Å². The van der Waals surface area contributed by atoms with Crippen LogP contribution in [0, 0.1) is 0 Å². The van der Waals surface area contributed by atoms with Crippen LogP contribution < -0.4 is 4.90 Å². The minimum Gasteiger partial charge on any atom is -0.477 e. The van der Waals surface area contributed by atoms with E-state index >= 15 is 0 Å². The highest BCUT2D eigenvalue weighted by molar-refractivity contribution is 9.10. The van der Waals surface area contributed by atoms with Crippen LogP contribution in [0.15, 0.2) is 32.7 Å². The Bertz CT molecular complexity index is 743. The van der Waals surface area contributed by atoms with Crippen molar-refractivity contribution in [2.45, 2.75) is 18.5 Å². The number of carboxylic acid groups (broad SMARTS) is 1. The van der Waals surface area contributed by atoms with E-state index in [1.165, 1.54) is 0 Å². The summed E-state index contributed by atoms with van der Waals surface area (Å²) < 4.78 is 0.900. The van der Waals surface area contributed by atoms with Gasteiger partial charge < -0.3 is 10.0 Å². The molecule has 0 amide bonds. The number of hydrogen-bond donors (Lipinski definition) is 2. The van der Waals surface area contributed by atoms with Gasteiger partial charge in [-0.25, -0.2) is 9.78 Å². The number of halogens is 1. The number of aromatic nitrogens is 3. The van der Waals surface area contributed by atoms with E-state index in [1.807, 2.05) is 44.1 Å². The van der Waals surface area contributed by atoms with E-state index in [1.54, 1.807) is 6.08 Å². The molecule has 2 rings (SSSR count). The first kappa shape index (κ1) is 17.6. The molecule has 2 aromatic rings. The van der Waals surface area contributed by atoms with Crippen LogP contribution in [-0.2, 0) is 11.2 Å². The molecule has 0 spiro atoms. The third-order valence-electron chi connectivity index (χ3n) is 3.01. The van der Waals surface area contributed by atoms with E-state index < -0.39 is 5.97 Å². The van der Waals surface area contributed by atoms with Gasteiger partial charge in [0.05, 0.1) is 5.69 Å². The molecule has 0 atom stereocenters. The number of nitrogens with zero attached hydrogens (tertiary/aromatic N) is 3. The van der Waals surface area contributed by atoms with Crippen molar-refractivity contribution in [2.24, 2.45) is 0 Å². The van der Waals surface area contributed by atoms with Crippen molar-refractivity contribution in [2.75, 3.05) is 19.0 Å². The molecule has 0 aliphatic rings. The Morgan fingerprint density at radius 3 is 2.74 bits per heavy atom. The van der Waals surface area contributed by atoms with Gasteiger partial charge in [0, 0.05) is 25.0 Å². The standard InChI is InChI=1S/C15H17BrN4O2S/c1-4-13-17-15(19-18-13)23-12(14(21)22)8-9-5-6-11(20(2)3)10(16)7-9/h5-8H,4H2,1-3H3,(H,21,22)(H,17,18,19)/b12-8+. The predicted molar refractivity (Wildman–Crippen MR) is 95.7 cm³/mol. The molecule has 1 aromatic heterocycles. The zero-order chi connectivity index (χ0) is 17.0. The van der Waals surface area contributed by atoms with Gasteiger partial charge in [0.1, 0.15) is 10.7 Å². The second-order valence-corrected chi connectivity index (χ2v) is 6.80. The third kappa shape index (κ3) is 4.59. The van der Waals surface area contributed by atoms with Crippen molar-refractivity contribution in [3.05, 3.63) is 39.0 Å². The van der Waals surface area contributed by atoms with Crippen LogP contribution in [0.3, 0.4) is 0 Å². The lowest BCUT2D eigenvalue weighted by Gasteiger charge is -2.14. The summed E-state index contributed by atoms with van der Waals surface area (Å²) in [4.78, 5) is 17.8. The number of thioether (sulfide) groups is 1. The van der Waals surface area contributed by atoms with Crippen LogP contribution >= 0.6 is 27.7 Å². The first-order chi connectivity index (χ1) is 10.9. The number of nitrogens with one attached hydrogen (secondary N) is 1. The first-order valence-corrected chi connectivity index (χ1v) is 8.52. The molecule has 2 N–H and O–H groups in total. The molecule has 6 nitrogen and oxygen atoms in total. The molecule has 0 radical (unpaired) electrons. The lowest BCUT2D eigenvalue weighted by Crippen LogP contribution is -2.09. The van der Waals surface area contributed by atoms with Gasteiger partial charge in [-0.1, -0.05) is 13.0 Å². The summed E-state index contributed by atoms with van der Waals surface area (Å²) in [5.74, 6) is -0.277. The van der Waals surface area contributed by atoms with E-state index in [-0.39, 0.29) is 4.91 Å². The van der Waals surface area contributed by atoms with E-state index in [0.29, 0.717) is 5.16 Å². The Morgan fingerprint density at radius 1 is 1.48 bits per heavy atom. The zero-order valence-corrected chi connectivity index (χ0v) is 15.4. The largest absolute Gasteiger partial charge is 0.477 e. The maximum absolute atomic E-state index is 11.5. The second kappa shape index (κ2) is 7.65. The molecule has 0 aliphatic carbocycles. The van der Waals surface area contributed by atoms with Crippen molar-refractivity contribution >= 4 is 45.4 Å². The highest BCUT2D eigenvalue weighted by Gasteiger charge is 2.14. The smallest absolute Gasteiger partial charge is 0.342 e. The van der Waals surface area contributed by atoms with Crippen LogP contribution in [0.1, 0.15) is 18.3 Å². The highest BCUT2D eigenvalue weighted by atomic mass is 79.9. The second-order valence-electron chi connectivity index (χ2n) is 4.94. The van der Waals surface area contributed by atoms with Gasteiger partial charge in [-0.2, -0.15) is 0 Å². The molecular weight excluding hydrogens is 380 g/mol. The SMILES string of the molecule is CCc1nc(S/C(=C/c2ccc(N(C)C)c(Br)c2)C(=O)O)n[nH]1. The number of anilines is 1. The fraction of sp³-hybridized carbons (Fsp3) is 0.267. The van der Waals surface area contributed by atoms with Crippen LogP contribution in [0.2, 0.25) is 0 Å². The summed E-state index contributed by atoms with van der Waals surface area (Å²) in [6, 6.07) is 5.69. The molecule has 8 heteroatoms. The molecular formula is C15H17BrN4O2S. The minimum absolute atomic E-state index is 0.163. The molecule has 0 unspecified atom stereocenters. The van der Waals surface area contributed by atoms with Crippen molar-refractivity contribution in [3.8, 4) is 0 Å². The number of benzene rings is 1. The number of aromatic amines is 1. The topological polar surface area (TPSA) is 82.1 Å². The Labute approximate surface area is 147 Å². The third-order valence-corrected chi connectivity index (χ3v) is 4.52. The van der Waals surface area contributed by atoms with Crippen molar-refractivity contribution in [1.29, 1.82) is 0 Å². The summed E-state index contributed by atoms with van der Waals surface area (Å²) >= 11 is 4.53. The molecule has 23 heavy (non-hydrogen) atoms. The zero-order valence-electron chi connectivity index (χ0n) is 13.0. The summed E-state index contributed by atoms with van der Waals surface area (Å²) in [7, 11) is 3.89. The summed E-state index contributed by atoms with van der Waals surface area (Å²) in [6.45, 7) is 1.95. The maximum Gasteiger partial charge on any atom is 0.342 e. The van der Waals surface area contributed by atoms with Gasteiger partial charge in [-0.15, -0.1) is 5.10 Å². The van der Waals surface area contributed by atoms with Gasteiger partial charge in [0.25, 0.3) is 0 Å². The number of aliphatic carboxylic acids is 1. The predicted octanol–water partition coefficient (Wildman–Crippen LogP) is 3.41. The molecule has 1 heterocycles. The van der Waals surface area contributed by atoms with Gasteiger partial charge in [0.15, 0.2) is 0 Å². The van der Waals surface area contributed by atoms with Crippen LogP contribution in [-0.4, -0.2) is 40.4 Å². The highest BCUT2D eigenvalue weighted by Crippen LogP contribution is 2.29. The first-order valence-electron chi connectivity index (χ1n) is 6.91. The lowest BCUT2D eigenvalue weighted by atomic mass is 10.2. The van der Waals surface area contributed by atoms with Crippen LogP contribution in [0.5, 0.6) is 0 Å². The van der Waals surface area contributed by atoms with Gasteiger partial charge in [-0.05, 0) is 51.5 Å². The number of carboxylic acids is 1. The summed E-state index contributed by atoms with van der Waals surface area (Å²) in [6.07, 6.45) is 2.33. The van der Waals surface area contributed by atoms with Gasteiger partial charge >= 0.3 is 5.97 Å². The summed E-state index contributed by atoms with van der Waals surface area (Å²) in [5.41, 5.74) is 1.81. The molecule has 0 bridgehead atoms. The molecule has 122 valence electrons. The fourth-order valence-electron chi connectivity index (χ4n) is 1.84. The molecule has 0 saturated carbocycles. The van der Waals surface area contributed by atoms with E-state index in [9.17, 15) is 9.90 Å². The number of rotatable bonds is 6. The molecule has 0 saturated heterocycles. The molecule has 1 aromatic carbocycles.